The molecule has 3 aliphatic rings. The van der Waals surface area contributed by atoms with Crippen LogP contribution in [0.25, 0.3) is 0 Å². The molecule has 0 aromatic heterocycles. The van der Waals surface area contributed by atoms with Crippen LogP contribution in [0.5, 0.6) is 11.5 Å². The molecule has 2 heterocycles. The van der Waals surface area contributed by atoms with Gasteiger partial charge < -0.3 is 24.1 Å². The summed E-state index contributed by atoms with van der Waals surface area (Å²) < 4.78 is 23.6. The predicted molar refractivity (Wildman–Crippen MR) is 89.7 cm³/mol. The SMILES string of the molecule is Cc1c(C(=O)O)cc(Cl)c2c1O[C@@H](C1CCC3(CC1)OCCO3)CO2. The first-order chi connectivity index (χ1) is 12.0. The Hall–Kier alpha value is -1.50. The van der Waals surface area contributed by atoms with Crippen LogP contribution in [0, 0.1) is 12.8 Å². The molecule has 0 bridgehead atoms. The van der Waals surface area contributed by atoms with E-state index >= 15 is 0 Å². The van der Waals surface area contributed by atoms with Gasteiger partial charge in [0.25, 0.3) is 0 Å². The summed E-state index contributed by atoms with van der Waals surface area (Å²) in [6, 6.07) is 1.42. The van der Waals surface area contributed by atoms with Gasteiger partial charge in [0, 0.05) is 18.4 Å². The van der Waals surface area contributed by atoms with Crippen LogP contribution in [-0.4, -0.2) is 42.8 Å². The Morgan fingerprint density at radius 1 is 1.24 bits per heavy atom. The molecule has 0 unspecified atom stereocenters. The third-order valence-corrected chi connectivity index (χ3v) is 5.74. The molecule has 0 radical (unpaired) electrons. The lowest BCUT2D eigenvalue weighted by Gasteiger charge is -2.40. The Kier molecular flexibility index (Phi) is 4.30. The van der Waals surface area contributed by atoms with E-state index in [9.17, 15) is 9.90 Å². The van der Waals surface area contributed by atoms with E-state index in [1.807, 2.05) is 0 Å². The molecule has 1 aromatic carbocycles. The Bertz CT molecular complexity index is 687. The molecule has 0 amide bonds. The number of carboxylic acids is 1. The van der Waals surface area contributed by atoms with Gasteiger partial charge in [0.05, 0.1) is 23.8 Å². The minimum atomic E-state index is -1.02. The monoisotopic (exact) mass is 368 g/mol. The lowest BCUT2D eigenvalue weighted by atomic mass is 9.81. The number of carboxylic acid groups (broad SMARTS) is 1. The van der Waals surface area contributed by atoms with Crippen molar-refractivity contribution >= 4 is 17.6 Å². The highest BCUT2D eigenvalue weighted by Gasteiger charge is 2.43. The number of aromatic carboxylic acids is 1. The lowest BCUT2D eigenvalue weighted by Crippen LogP contribution is -2.43. The van der Waals surface area contributed by atoms with Crippen molar-refractivity contribution in [1.29, 1.82) is 0 Å². The number of carbonyl (C=O) groups is 1. The molecule has 1 spiro atoms. The molecular weight excluding hydrogens is 348 g/mol. The summed E-state index contributed by atoms with van der Waals surface area (Å²) in [5.74, 6) is -0.217. The van der Waals surface area contributed by atoms with Crippen LogP contribution in [0.4, 0.5) is 0 Å². The van der Waals surface area contributed by atoms with Crippen LogP contribution in [0.2, 0.25) is 5.02 Å². The number of fused-ring (bicyclic) bond motifs is 1. The summed E-state index contributed by atoms with van der Waals surface area (Å²) in [5, 5.41) is 9.61. The van der Waals surface area contributed by atoms with Gasteiger partial charge in [-0.05, 0) is 31.7 Å². The number of hydrogen-bond donors (Lipinski definition) is 1. The minimum absolute atomic E-state index is 0.120. The largest absolute Gasteiger partial charge is 0.484 e. The summed E-state index contributed by atoms with van der Waals surface area (Å²) in [7, 11) is 0. The van der Waals surface area contributed by atoms with Crippen LogP contribution in [0.3, 0.4) is 0 Å². The summed E-state index contributed by atoms with van der Waals surface area (Å²) in [5.41, 5.74) is 0.690. The molecule has 7 heteroatoms. The van der Waals surface area contributed by atoms with Crippen molar-refractivity contribution in [1.82, 2.24) is 0 Å². The van der Waals surface area contributed by atoms with E-state index in [4.69, 9.17) is 30.5 Å². The Morgan fingerprint density at radius 3 is 2.56 bits per heavy atom. The van der Waals surface area contributed by atoms with Crippen molar-refractivity contribution in [2.75, 3.05) is 19.8 Å². The lowest BCUT2D eigenvalue weighted by molar-refractivity contribution is -0.187. The number of hydrogen-bond acceptors (Lipinski definition) is 5. The molecule has 1 aliphatic carbocycles. The summed E-state index contributed by atoms with van der Waals surface area (Å²) in [4.78, 5) is 11.4. The Labute approximate surface area is 151 Å². The highest BCUT2D eigenvalue weighted by molar-refractivity contribution is 6.32. The maximum atomic E-state index is 11.4. The van der Waals surface area contributed by atoms with Crippen molar-refractivity contribution in [3.63, 3.8) is 0 Å². The zero-order valence-electron chi connectivity index (χ0n) is 14.0. The number of ether oxygens (including phenoxy) is 4. The molecule has 1 saturated carbocycles. The third kappa shape index (κ3) is 2.96. The van der Waals surface area contributed by atoms with Gasteiger partial charge in [-0.15, -0.1) is 0 Å². The number of rotatable bonds is 2. The highest BCUT2D eigenvalue weighted by Crippen LogP contribution is 2.46. The molecule has 1 aromatic rings. The van der Waals surface area contributed by atoms with Gasteiger partial charge in [-0.2, -0.15) is 0 Å². The van der Waals surface area contributed by atoms with Crippen molar-refractivity contribution in [2.45, 2.75) is 44.5 Å². The summed E-state index contributed by atoms with van der Waals surface area (Å²) in [6.45, 7) is 3.46. The zero-order chi connectivity index (χ0) is 17.6. The number of halogens is 1. The molecule has 1 N–H and O–H groups in total. The van der Waals surface area contributed by atoms with Crippen molar-refractivity contribution in [3.8, 4) is 11.5 Å². The van der Waals surface area contributed by atoms with E-state index in [0.29, 0.717) is 42.8 Å². The summed E-state index contributed by atoms with van der Waals surface area (Å²) in [6.07, 6.45) is 3.42. The average molecular weight is 369 g/mol. The third-order valence-electron chi connectivity index (χ3n) is 5.46. The fraction of sp³-hybridized carbons (Fsp3) is 0.611. The zero-order valence-corrected chi connectivity index (χ0v) is 14.8. The van der Waals surface area contributed by atoms with E-state index in [1.165, 1.54) is 6.07 Å². The first-order valence-corrected chi connectivity index (χ1v) is 9.01. The van der Waals surface area contributed by atoms with Crippen LogP contribution >= 0.6 is 11.6 Å². The van der Waals surface area contributed by atoms with Gasteiger partial charge in [0.1, 0.15) is 12.7 Å². The maximum absolute atomic E-state index is 11.4. The maximum Gasteiger partial charge on any atom is 0.336 e. The van der Waals surface area contributed by atoms with E-state index < -0.39 is 11.8 Å². The molecule has 4 rings (SSSR count). The van der Waals surface area contributed by atoms with Gasteiger partial charge >= 0.3 is 5.97 Å². The van der Waals surface area contributed by atoms with E-state index in [1.54, 1.807) is 6.92 Å². The fourth-order valence-electron chi connectivity index (χ4n) is 4.02. The van der Waals surface area contributed by atoms with Crippen LogP contribution < -0.4 is 9.47 Å². The Balaban J connectivity index is 1.52. The van der Waals surface area contributed by atoms with E-state index in [2.05, 4.69) is 0 Å². The first-order valence-electron chi connectivity index (χ1n) is 8.63. The normalized spacial score (nSPS) is 25.3. The molecule has 1 atom stereocenters. The average Bonchev–Trinajstić information content (AvgIpc) is 3.06. The van der Waals surface area contributed by atoms with Crippen LogP contribution in [-0.2, 0) is 9.47 Å². The molecule has 136 valence electrons. The van der Waals surface area contributed by atoms with Gasteiger partial charge in [-0.25, -0.2) is 4.79 Å². The molecule has 25 heavy (non-hydrogen) atoms. The van der Waals surface area contributed by atoms with Gasteiger partial charge in [-0.1, -0.05) is 11.6 Å². The first kappa shape index (κ1) is 16.9. The van der Waals surface area contributed by atoms with Gasteiger partial charge in [0.2, 0.25) is 0 Å². The predicted octanol–water partition coefficient (Wildman–Crippen LogP) is 3.42. The van der Waals surface area contributed by atoms with Gasteiger partial charge in [0.15, 0.2) is 17.3 Å². The second-order valence-electron chi connectivity index (χ2n) is 6.91. The van der Waals surface area contributed by atoms with Gasteiger partial charge in [-0.3, -0.25) is 0 Å². The molecular formula is C18H21ClO6. The summed E-state index contributed by atoms with van der Waals surface area (Å²) >= 11 is 6.18. The molecule has 2 aliphatic heterocycles. The smallest absolute Gasteiger partial charge is 0.336 e. The van der Waals surface area contributed by atoms with E-state index in [0.717, 1.165) is 25.7 Å². The molecule has 1 saturated heterocycles. The molecule has 2 fully saturated rings. The minimum Gasteiger partial charge on any atom is -0.484 e. The quantitative estimate of drug-likeness (QED) is 0.862. The van der Waals surface area contributed by atoms with Crippen LogP contribution in [0.15, 0.2) is 6.07 Å². The second kappa shape index (κ2) is 6.34. The fourth-order valence-corrected chi connectivity index (χ4v) is 4.27. The number of benzene rings is 1. The Morgan fingerprint density at radius 2 is 1.92 bits per heavy atom. The second-order valence-corrected chi connectivity index (χ2v) is 7.31. The van der Waals surface area contributed by atoms with Crippen molar-refractivity contribution in [3.05, 3.63) is 22.2 Å². The highest BCUT2D eigenvalue weighted by atomic mass is 35.5. The topological polar surface area (TPSA) is 74.2 Å². The van der Waals surface area contributed by atoms with Crippen LogP contribution in [0.1, 0.15) is 41.6 Å². The standard InChI is InChI=1S/C18H21ClO6/c1-10-12(17(20)21)8-13(19)16-15(10)25-14(9-22-16)11-2-4-18(5-3-11)23-6-7-24-18/h8,11,14H,2-7,9H2,1H3,(H,20,21)/t14-/m1/s1. The van der Waals surface area contributed by atoms with Crippen molar-refractivity contribution < 1.29 is 28.8 Å². The molecule has 6 nitrogen and oxygen atoms in total. The van der Waals surface area contributed by atoms with E-state index in [-0.39, 0.29) is 16.7 Å². The van der Waals surface area contributed by atoms with Crippen molar-refractivity contribution in [2.24, 2.45) is 5.92 Å².